The molecule has 0 aliphatic heterocycles. The number of hydrogen-bond acceptors (Lipinski definition) is 3. The molecule has 0 fully saturated rings. The lowest BCUT2D eigenvalue weighted by Crippen LogP contribution is -2.19. The highest BCUT2D eigenvalue weighted by Crippen LogP contribution is 2.29. The molecule has 3 aromatic carbocycles. The molecule has 0 N–H and O–H groups in total. The third-order valence-corrected chi connectivity index (χ3v) is 5.81. The summed E-state index contributed by atoms with van der Waals surface area (Å²) in [5.74, 6) is -0.623. The van der Waals surface area contributed by atoms with Crippen LogP contribution < -0.4 is 0 Å². The summed E-state index contributed by atoms with van der Waals surface area (Å²) < 4.78 is 7.40. The number of aryl methyl sites for hydroxylation is 3. The fraction of sp³-hybridized carbons (Fsp3) is 0.241. The molecule has 4 nitrogen and oxygen atoms in total. The van der Waals surface area contributed by atoms with Gasteiger partial charge in [0.2, 0.25) is 0 Å². The van der Waals surface area contributed by atoms with Gasteiger partial charge in [0, 0.05) is 12.0 Å². The van der Waals surface area contributed by atoms with E-state index in [0.29, 0.717) is 13.0 Å². The first kappa shape index (κ1) is 22.5. The number of rotatable bonds is 7. The van der Waals surface area contributed by atoms with Crippen LogP contribution in [0, 0.1) is 20.8 Å². The minimum atomic E-state index is -0.405. The van der Waals surface area contributed by atoms with Gasteiger partial charge in [-0.05, 0) is 51.5 Å². The van der Waals surface area contributed by atoms with Crippen LogP contribution in [0.4, 0.5) is 0 Å². The van der Waals surface area contributed by atoms with Gasteiger partial charge in [0.25, 0.3) is 0 Å². The number of esters is 1. The average molecular weight is 439 g/mol. The smallest absolute Gasteiger partial charge is 0.313 e. The van der Waals surface area contributed by atoms with Gasteiger partial charge >= 0.3 is 5.97 Å². The van der Waals surface area contributed by atoms with Crippen LogP contribution in [0.1, 0.15) is 40.8 Å². The zero-order valence-corrected chi connectivity index (χ0v) is 19.7. The molecule has 33 heavy (non-hydrogen) atoms. The van der Waals surface area contributed by atoms with E-state index in [-0.39, 0.29) is 5.97 Å². The predicted molar refractivity (Wildman–Crippen MR) is 133 cm³/mol. The summed E-state index contributed by atoms with van der Waals surface area (Å²) in [6, 6.07) is 26.9. The number of aromatic nitrogens is 2. The highest BCUT2D eigenvalue weighted by Gasteiger charge is 2.25. The lowest BCUT2D eigenvalue weighted by molar-refractivity contribution is -0.145. The number of ether oxygens (including phenoxy) is 1. The lowest BCUT2D eigenvalue weighted by Gasteiger charge is -2.15. The minimum Gasteiger partial charge on any atom is -0.466 e. The summed E-state index contributed by atoms with van der Waals surface area (Å²) in [7, 11) is 0. The molecular weight excluding hydrogens is 408 g/mol. The molecule has 168 valence electrons. The largest absolute Gasteiger partial charge is 0.466 e. The predicted octanol–water partition coefficient (Wildman–Crippen LogP) is 6.35. The molecule has 0 aliphatic rings. The molecule has 0 saturated carbocycles. The number of carbonyl (C=O) groups excluding carboxylic acids is 1. The van der Waals surface area contributed by atoms with E-state index in [1.54, 1.807) is 0 Å². The van der Waals surface area contributed by atoms with Crippen molar-refractivity contribution in [2.24, 2.45) is 0 Å². The average Bonchev–Trinajstić information content (AvgIpc) is 3.22. The fourth-order valence-corrected chi connectivity index (χ4v) is 4.02. The Morgan fingerprint density at radius 2 is 1.55 bits per heavy atom. The van der Waals surface area contributed by atoms with Gasteiger partial charge in [-0.1, -0.05) is 77.4 Å². The third kappa shape index (κ3) is 5.23. The first-order valence-electron chi connectivity index (χ1n) is 11.4. The Morgan fingerprint density at radius 1 is 0.879 bits per heavy atom. The molecule has 0 spiro atoms. The van der Waals surface area contributed by atoms with E-state index < -0.39 is 5.92 Å². The van der Waals surface area contributed by atoms with Gasteiger partial charge in [-0.15, -0.1) is 0 Å². The Balaban J connectivity index is 1.77. The highest BCUT2D eigenvalue weighted by atomic mass is 16.5. The summed E-state index contributed by atoms with van der Waals surface area (Å²) >= 11 is 0. The van der Waals surface area contributed by atoms with Crippen LogP contribution in [-0.2, 0) is 16.0 Å². The zero-order valence-electron chi connectivity index (χ0n) is 19.7. The SMILES string of the molecule is CCOC(=O)C(Cc1cc(-c2ccc(C)cc2)n(-c2ccc(C)cc2)n1)c1cccc(C)c1. The molecule has 4 aromatic rings. The van der Waals surface area contributed by atoms with Gasteiger partial charge < -0.3 is 4.74 Å². The van der Waals surface area contributed by atoms with E-state index in [4.69, 9.17) is 9.84 Å². The zero-order chi connectivity index (χ0) is 23.4. The maximum Gasteiger partial charge on any atom is 0.313 e. The fourth-order valence-electron chi connectivity index (χ4n) is 4.02. The molecule has 0 radical (unpaired) electrons. The summed E-state index contributed by atoms with van der Waals surface area (Å²) in [6.45, 7) is 8.39. The molecular formula is C29H30N2O2. The van der Waals surface area contributed by atoms with Crippen LogP contribution in [0.25, 0.3) is 16.9 Å². The molecule has 1 heterocycles. The summed E-state index contributed by atoms with van der Waals surface area (Å²) in [5.41, 5.74) is 8.41. The van der Waals surface area contributed by atoms with Gasteiger partial charge in [0.05, 0.1) is 29.6 Å². The number of hydrogen-bond donors (Lipinski definition) is 0. The van der Waals surface area contributed by atoms with Crippen LogP contribution >= 0.6 is 0 Å². The second-order valence-corrected chi connectivity index (χ2v) is 8.56. The molecule has 1 unspecified atom stereocenters. The van der Waals surface area contributed by atoms with Crippen molar-refractivity contribution in [2.45, 2.75) is 40.0 Å². The number of nitrogens with zero attached hydrogens (tertiary/aromatic N) is 2. The maximum absolute atomic E-state index is 12.9. The maximum atomic E-state index is 12.9. The van der Waals surface area contributed by atoms with E-state index >= 15 is 0 Å². The van der Waals surface area contributed by atoms with Crippen molar-refractivity contribution < 1.29 is 9.53 Å². The quantitative estimate of drug-likeness (QED) is 0.316. The molecule has 1 aromatic heterocycles. The van der Waals surface area contributed by atoms with Crippen molar-refractivity contribution >= 4 is 5.97 Å². The van der Waals surface area contributed by atoms with Crippen molar-refractivity contribution in [3.05, 3.63) is 107 Å². The second kappa shape index (κ2) is 9.86. The molecule has 0 amide bonds. The van der Waals surface area contributed by atoms with Gasteiger partial charge in [-0.3, -0.25) is 4.79 Å². The van der Waals surface area contributed by atoms with Gasteiger partial charge in [-0.2, -0.15) is 5.10 Å². The summed E-state index contributed by atoms with van der Waals surface area (Å²) in [5, 5.41) is 4.95. The number of carbonyl (C=O) groups is 1. The van der Waals surface area contributed by atoms with Crippen molar-refractivity contribution in [1.29, 1.82) is 0 Å². The van der Waals surface area contributed by atoms with E-state index in [9.17, 15) is 4.79 Å². The summed E-state index contributed by atoms with van der Waals surface area (Å²) in [6.07, 6.45) is 0.472. The molecule has 4 heteroatoms. The number of benzene rings is 3. The standard InChI is InChI=1S/C29H30N2O2/c1-5-33-29(32)27(24-8-6-7-22(4)17-24)18-25-19-28(23-13-9-20(2)10-14-23)31(30-25)26-15-11-21(3)12-16-26/h6-17,19,27H,5,18H2,1-4H3. The monoisotopic (exact) mass is 438 g/mol. The van der Waals surface area contributed by atoms with Crippen LogP contribution in [0.5, 0.6) is 0 Å². The van der Waals surface area contributed by atoms with Gasteiger partial charge in [0.15, 0.2) is 0 Å². The summed E-state index contributed by atoms with van der Waals surface area (Å²) in [4.78, 5) is 12.9. The molecule has 0 saturated heterocycles. The van der Waals surface area contributed by atoms with Crippen molar-refractivity contribution in [2.75, 3.05) is 6.61 Å². The van der Waals surface area contributed by atoms with Crippen LogP contribution in [0.15, 0.2) is 78.9 Å². The van der Waals surface area contributed by atoms with E-state index in [0.717, 1.165) is 33.8 Å². The van der Waals surface area contributed by atoms with Gasteiger partial charge in [0.1, 0.15) is 0 Å². The lowest BCUT2D eigenvalue weighted by atomic mass is 9.93. The van der Waals surface area contributed by atoms with Crippen LogP contribution in [-0.4, -0.2) is 22.4 Å². The Hall–Kier alpha value is -3.66. The van der Waals surface area contributed by atoms with Gasteiger partial charge in [-0.25, -0.2) is 4.68 Å². The topological polar surface area (TPSA) is 44.1 Å². The Labute approximate surface area is 195 Å². The van der Waals surface area contributed by atoms with E-state index in [1.807, 2.05) is 36.7 Å². The minimum absolute atomic E-state index is 0.218. The van der Waals surface area contributed by atoms with Crippen LogP contribution in [0.2, 0.25) is 0 Å². The third-order valence-electron chi connectivity index (χ3n) is 5.81. The van der Waals surface area contributed by atoms with E-state index in [2.05, 4.69) is 74.5 Å². The van der Waals surface area contributed by atoms with E-state index in [1.165, 1.54) is 11.1 Å². The Kier molecular flexibility index (Phi) is 6.74. The normalized spacial score (nSPS) is 11.9. The Bertz CT molecular complexity index is 1170. The molecule has 0 bridgehead atoms. The van der Waals surface area contributed by atoms with Crippen molar-refractivity contribution in [1.82, 2.24) is 9.78 Å². The molecule has 0 aliphatic carbocycles. The Morgan fingerprint density at radius 3 is 2.18 bits per heavy atom. The molecule has 1 atom stereocenters. The van der Waals surface area contributed by atoms with Crippen molar-refractivity contribution in [3.63, 3.8) is 0 Å². The van der Waals surface area contributed by atoms with Crippen molar-refractivity contribution in [3.8, 4) is 16.9 Å². The molecule has 4 rings (SSSR count). The highest BCUT2D eigenvalue weighted by molar-refractivity contribution is 5.78. The second-order valence-electron chi connectivity index (χ2n) is 8.56. The first-order valence-corrected chi connectivity index (χ1v) is 11.4. The first-order chi connectivity index (χ1) is 15.9. The van der Waals surface area contributed by atoms with Crippen LogP contribution in [0.3, 0.4) is 0 Å².